The third-order valence-corrected chi connectivity index (χ3v) is 28.5. The van der Waals surface area contributed by atoms with E-state index < -0.39 is 0 Å². The number of fused-ring (bicyclic) bond motifs is 34. The molecule has 0 saturated carbocycles. The highest BCUT2D eigenvalue weighted by Crippen LogP contribution is 2.48. The third kappa shape index (κ3) is 13.1. The van der Waals surface area contributed by atoms with E-state index in [0.29, 0.717) is 0 Å². The SMILES string of the molecule is C.C.C.C.C.Cn1c2ccccc2c2c3c(ccc21)oc1ccccc13.Cn1c2ccccc2c2c3c(ccc21)sc1ccccc13.Cn1c2ccccc2c2c3c4ccccc4n(-c4ccccc4)c3ccc21.c1ccc(-n2c3ccccc3c3c4c(ccc32)sc2ccccc24)cc1.c1ccc(-n2c3ccccc3c3cc4c5ccccc5n(-c5ccccc5)c4cc32)cc1. The van der Waals surface area contributed by atoms with Gasteiger partial charge in [-0.1, -0.05) is 292 Å². The molecule has 10 heterocycles. The van der Waals surface area contributed by atoms with Crippen LogP contribution >= 0.6 is 22.7 Å². The van der Waals surface area contributed by atoms with Crippen molar-refractivity contribution >= 4 is 238 Å². The average Bonchev–Trinajstić information content (AvgIpc) is 1.56. The van der Waals surface area contributed by atoms with Crippen molar-refractivity contribution in [3.63, 3.8) is 0 Å². The van der Waals surface area contributed by atoms with Crippen LogP contribution < -0.4 is 0 Å². The summed E-state index contributed by atoms with van der Waals surface area (Å²) in [5.41, 5.74) is 24.3. The van der Waals surface area contributed by atoms with Crippen molar-refractivity contribution in [1.29, 1.82) is 0 Å². The molecule has 640 valence electrons. The van der Waals surface area contributed by atoms with E-state index in [1.54, 1.807) is 0 Å². The average molecular weight is 1740 g/mol. The molecule has 19 aromatic carbocycles. The Kier molecular flexibility index (Phi) is 21.6. The summed E-state index contributed by atoms with van der Waals surface area (Å²) in [6.07, 6.45) is 0. The van der Waals surface area contributed by atoms with Crippen LogP contribution in [-0.4, -0.2) is 32.0 Å². The van der Waals surface area contributed by atoms with Crippen LogP contribution in [0.2, 0.25) is 0 Å². The molecule has 29 aromatic rings. The number of hydrogen-bond donors (Lipinski definition) is 0. The van der Waals surface area contributed by atoms with Crippen LogP contribution in [0.3, 0.4) is 0 Å². The number of thiophene rings is 2. The summed E-state index contributed by atoms with van der Waals surface area (Å²) in [6.45, 7) is 0. The molecule has 29 rings (SSSR count). The molecular weight excluding hydrogens is 1640 g/mol. The van der Waals surface area contributed by atoms with E-state index in [4.69, 9.17) is 4.42 Å². The number of rotatable bonds is 4. The largest absolute Gasteiger partial charge is 0.456 e. The molecule has 0 amide bonds. The minimum atomic E-state index is 0. The molecule has 0 aliphatic rings. The van der Waals surface area contributed by atoms with E-state index in [-0.39, 0.29) is 37.1 Å². The minimum Gasteiger partial charge on any atom is -0.456 e. The zero-order chi connectivity index (χ0) is 84.1. The number of aromatic nitrogens is 7. The Morgan fingerprint density at radius 2 is 0.417 bits per heavy atom. The Hall–Kier alpha value is -16.0. The quantitative estimate of drug-likeness (QED) is 0.173. The first kappa shape index (κ1) is 84.2. The number of furan rings is 1. The second-order valence-electron chi connectivity index (χ2n) is 33.0. The third-order valence-electron chi connectivity index (χ3n) is 26.2. The van der Waals surface area contributed by atoms with Gasteiger partial charge in [-0.2, -0.15) is 0 Å². The zero-order valence-electron chi connectivity index (χ0n) is 69.8. The van der Waals surface area contributed by atoms with Crippen molar-refractivity contribution in [2.24, 2.45) is 21.1 Å². The summed E-state index contributed by atoms with van der Waals surface area (Å²) in [4.78, 5) is 0. The van der Waals surface area contributed by atoms with Crippen LogP contribution in [0.15, 0.2) is 429 Å². The van der Waals surface area contributed by atoms with E-state index in [0.717, 1.165) is 11.2 Å². The van der Waals surface area contributed by atoms with E-state index >= 15 is 0 Å². The van der Waals surface area contributed by atoms with E-state index in [2.05, 4.69) is 466 Å². The second kappa shape index (κ2) is 33.9. The summed E-state index contributed by atoms with van der Waals surface area (Å²) >= 11 is 3.77. The lowest BCUT2D eigenvalue weighted by Gasteiger charge is -2.10. The van der Waals surface area contributed by atoms with Gasteiger partial charge in [-0.15, -0.1) is 22.7 Å². The molecule has 8 nitrogen and oxygen atoms in total. The van der Waals surface area contributed by atoms with Crippen LogP contribution in [0.1, 0.15) is 37.1 Å². The lowest BCUT2D eigenvalue weighted by atomic mass is 10.1. The number of para-hydroxylation sites is 12. The molecule has 10 aromatic heterocycles. The second-order valence-corrected chi connectivity index (χ2v) is 35.2. The van der Waals surface area contributed by atoms with Crippen LogP contribution in [0.25, 0.3) is 238 Å². The van der Waals surface area contributed by atoms with Gasteiger partial charge in [-0.05, 0) is 170 Å². The number of aryl methyl sites for hydroxylation is 3. The number of hydrogen-bond acceptors (Lipinski definition) is 3. The van der Waals surface area contributed by atoms with Crippen molar-refractivity contribution in [2.45, 2.75) is 37.1 Å². The lowest BCUT2D eigenvalue weighted by Crippen LogP contribution is -1.95. The molecule has 0 aliphatic carbocycles. The normalized spacial score (nSPS) is 11.4. The zero-order valence-corrected chi connectivity index (χ0v) is 71.4. The Balaban J connectivity index is 0.000000103. The summed E-state index contributed by atoms with van der Waals surface area (Å²) in [7, 11) is 6.44. The standard InChI is InChI=1S/C30H20N2.C25H18N2.C24H15NS.C19H13NO.C19H13NS.5CH4/c1-3-11-21(12-4-1)31-27-17-9-7-15-23(27)25-19-26-24-16-8-10-18-28(24)32(30(26)20-29(25)31)22-13-5-2-6-14-22;1-26-20-13-7-5-11-18(20)24-22(26)15-16-23-25(24)19-12-6-8-14-21(19)27(23)17-9-3-2-4-10-17;1-2-8-16(9-3-1)25-19-12-6-4-10-17(19)23-20(25)14-15-22-24(23)18-11-5-7-13-21(18)26-22;2*1-20-14-8-4-2-6-12(14)18-15(20)10-11-17-19(18)13-7-3-5-9-16(13)21-17;;;;;/h1-20H;2-16H,1H3;1-15H;2*2-11H,1H3;5*1H4. The number of nitrogens with zero attached hydrogens (tertiary/aromatic N) is 7. The van der Waals surface area contributed by atoms with Gasteiger partial charge in [0.25, 0.3) is 0 Å². The summed E-state index contributed by atoms with van der Waals surface area (Å²) < 4.78 is 27.9. The van der Waals surface area contributed by atoms with Crippen LogP contribution in [-0.2, 0) is 21.1 Å². The molecule has 0 spiro atoms. The van der Waals surface area contributed by atoms with Gasteiger partial charge >= 0.3 is 0 Å². The molecule has 0 saturated heterocycles. The Morgan fingerprint density at radius 3 is 0.818 bits per heavy atom. The van der Waals surface area contributed by atoms with Gasteiger partial charge in [0, 0.05) is 204 Å². The molecule has 132 heavy (non-hydrogen) atoms. The van der Waals surface area contributed by atoms with Crippen LogP contribution in [0, 0.1) is 0 Å². The van der Waals surface area contributed by atoms with Gasteiger partial charge in [0.1, 0.15) is 11.2 Å². The highest BCUT2D eigenvalue weighted by molar-refractivity contribution is 7.26. The van der Waals surface area contributed by atoms with E-state index in [1.165, 1.54) is 227 Å². The van der Waals surface area contributed by atoms with Crippen molar-refractivity contribution in [3.05, 3.63) is 425 Å². The Labute approximate surface area is 774 Å². The summed E-state index contributed by atoms with van der Waals surface area (Å²) in [6, 6.07) is 152. The maximum atomic E-state index is 6.01. The molecule has 0 aliphatic heterocycles. The Morgan fingerprint density at radius 1 is 0.159 bits per heavy atom. The maximum Gasteiger partial charge on any atom is 0.136 e. The maximum absolute atomic E-state index is 6.01. The fourth-order valence-corrected chi connectivity index (χ4v) is 23.0. The van der Waals surface area contributed by atoms with E-state index in [9.17, 15) is 0 Å². The predicted octanol–water partition coefficient (Wildman–Crippen LogP) is 35.6. The van der Waals surface area contributed by atoms with Gasteiger partial charge in [0.15, 0.2) is 0 Å². The van der Waals surface area contributed by atoms with Crippen molar-refractivity contribution in [2.75, 3.05) is 0 Å². The fourth-order valence-electron chi connectivity index (χ4n) is 20.8. The van der Waals surface area contributed by atoms with E-state index in [1.807, 2.05) is 34.8 Å². The van der Waals surface area contributed by atoms with Crippen molar-refractivity contribution in [3.8, 4) is 22.7 Å². The fraction of sp³-hybridized carbons (Fsp3) is 0.0656. The first-order valence-electron chi connectivity index (χ1n) is 43.3. The first-order chi connectivity index (χ1) is 62.8. The van der Waals surface area contributed by atoms with Gasteiger partial charge < -0.3 is 36.4 Å². The van der Waals surface area contributed by atoms with Gasteiger partial charge in [0.05, 0.1) is 44.1 Å². The van der Waals surface area contributed by atoms with Gasteiger partial charge in [0.2, 0.25) is 0 Å². The van der Waals surface area contributed by atoms with Crippen molar-refractivity contribution < 1.29 is 4.42 Å². The molecule has 0 bridgehead atoms. The number of benzene rings is 19. The van der Waals surface area contributed by atoms with Gasteiger partial charge in [-0.3, -0.25) is 0 Å². The molecule has 0 radical (unpaired) electrons. The molecular formula is C122H99N7OS2. The van der Waals surface area contributed by atoms with Crippen LogP contribution in [0.5, 0.6) is 0 Å². The predicted molar refractivity (Wildman–Crippen MR) is 578 cm³/mol. The minimum absolute atomic E-state index is 0. The monoisotopic (exact) mass is 1740 g/mol. The highest BCUT2D eigenvalue weighted by atomic mass is 32.1. The molecule has 0 atom stereocenters. The lowest BCUT2D eigenvalue weighted by molar-refractivity contribution is 0.669. The molecule has 0 fully saturated rings. The van der Waals surface area contributed by atoms with Crippen molar-refractivity contribution in [1.82, 2.24) is 32.0 Å². The summed E-state index contributed by atoms with van der Waals surface area (Å²) in [5, 5.41) is 26.4. The molecule has 10 heteroatoms. The smallest absolute Gasteiger partial charge is 0.136 e. The highest BCUT2D eigenvalue weighted by Gasteiger charge is 2.24. The first-order valence-corrected chi connectivity index (χ1v) is 44.9. The molecule has 0 N–H and O–H groups in total. The molecule has 0 unspecified atom stereocenters. The Bertz CT molecular complexity index is 9140. The van der Waals surface area contributed by atoms with Gasteiger partial charge in [-0.25, -0.2) is 0 Å². The topological polar surface area (TPSA) is 47.6 Å². The summed E-state index contributed by atoms with van der Waals surface area (Å²) in [5.74, 6) is 0. The van der Waals surface area contributed by atoms with Crippen LogP contribution in [0.4, 0.5) is 0 Å².